The van der Waals surface area contributed by atoms with Crippen LogP contribution in [0.1, 0.15) is 33.3 Å². The van der Waals surface area contributed by atoms with Crippen LogP contribution in [-0.2, 0) is 14.3 Å². The van der Waals surface area contributed by atoms with Gasteiger partial charge in [0, 0.05) is 0 Å². The number of esters is 1. The Balaban J connectivity index is 2.17. The lowest BCUT2D eigenvalue weighted by Crippen LogP contribution is -2.37. The predicted molar refractivity (Wildman–Crippen MR) is 103 cm³/mol. The lowest BCUT2D eigenvalue weighted by atomic mass is 10.2. The summed E-state index contributed by atoms with van der Waals surface area (Å²) in [5, 5.41) is -0.505. The van der Waals surface area contributed by atoms with E-state index < -0.39 is 29.3 Å². The minimum Gasteiger partial charge on any atom is -0.493 e. The first-order valence-corrected chi connectivity index (χ1v) is 9.24. The molecular formula is C19H23NO6S. The second-order valence-electron chi connectivity index (χ2n) is 6.70. The maximum Gasteiger partial charge on any atom is 0.326 e. The maximum absolute atomic E-state index is 12.5. The van der Waals surface area contributed by atoms with Crippen LogP contribution in [-0.4, -0.2) is 47.9 Å². The minimum absolute atomic E-state index is 0.231. The van der Waals surface area contributed by atoms with E-state index >= 15 is 0 Å². The lowest BCUT2D eigenvalue weighted by molar-refractivity contribution is -0.156. The highest BCUT2D eigenvalue weighted by atomic mass is 32.2. The number of benzene rings is 1. The Hall–Kier alpha value is -2.48. The number of rotatable bonds is 6. The quantitative estimate of drug-likeness (QED) is 0.540. The van der Waals surface area contributed by atoms with Gasteiger partial charge in [0.05, 0.1) is 18.6 Å². The van der Waals surface area contributed by atoms with Gasteiger partial charge in [-0.3, -0.25) is 19.3 Å². The first-order chi connectivity index (χ1) is 12.6. The first kappa shape index (κ1) is 20.8. The van der Waals surface area contributed by atoms with Gasteiger partial charge in [0.1, 0.15) is 12.1 Å². The van der Waals surface area contributed by atoms with Crippen LogP contribution >= 0.6 is 11.8 Å². The molecule has 8 heteroatoms. The van der Waals surface area contributed by atoms with Crippen LogP contribution in [0.3, 0.4) is 0 Å². The largest absolute Gasteiger partial charge is 0.493 e. The summed E-state index contributed by atoms with van der Waals surface area (Å²) in [4.78, 5) is 37.7. The van der Waals surface area contributed by atoms with Crippen molar-refractivity contribution in [3.05, 3.63) is 28.7 Å². The summed E-state index contributed by atoms with van der Waals surface area (Å²) in [6, 6.07) is 5.21. The molecule has 0 saturated carbocycles. The molecule has 1 aliphatic heterocycles. The third-order valence-electron chi connectivity index (χ3n) is 3.37. The van der Waals surface area contributed by atoms with Crippen molar-refractivity contribution in [2.45, 2.75) is 33.3 Å². The number of amides is 2. The standard InChI is InChI=1S/C19H23NO6S/c1-6-25-13-8-7-12(9-14(13)24-5)10-15-17(22)20(18(23)27-15)11-16(21)26-19(2,3)4/h7-10H,6,11H2,1-5H3/b15-10-. The molecule has 0 N–H and O–H groups in total. The number of hydrogen-bond acceptors (Lipinski definition) is 7. The van der Waals surface area contributed by atoms with Crippen LogP contribution in [0.4, 0.5) is 4.79 Å². The van der Waals surface area contributed by atoms with Gasteiger partial charge in [0.2, 0.25) is 0 Å². The van der Waals surface area contributed by atoms with E-state index in [0.29, 0.717) is 23.7 Å². The molecule has 1 aromatic carbocycles. The van der Waals surface area contributed by atoms with Crippen molar-refractivity contribution in [2.75, 3.05) is 20.3 Å². The van der Waals surface area contributed by atoms with Crippen molar-refractivity contribution in [2.24, 2.45) is 0 Å². The molecule has 27 heavy (non-hydrogen) atoms. The van der Waals surface area contributed by atoms with Gasteiger partial charge in [-0.05, 0) is 63.2 Å². The lowest BCUT2D eigenvalue weighted by Gasteiger charge is -2.21. The molecule has 0 radical (unpaired) electrons. The molecule has 0 atom stereocenters. The van der Waals surface area contributed by atoms with E-state index in [1.165, 1.54) is 7.11 Å². The zero-order valence-corrected chi connectivity index (χ0v) is 16.8. The van der Waals surface area contributed by atoms with Crippen molar-refractivity contribution < 1.29 is 28.6 Å². The Morgan fingerprint density at radius 3 is 2.52 bits per heavy atom. The second kappa shape index (κ2) is 8.47. The highest BCUT2D eigenvalue weighted by Gasteiger charge is 2.37. The summed E-state index contributed by atoms with van der Waals surface area (Å²) >= 11 is 0.783. The molecule has 0 spiro atoms. The van der Waals surface area contributed by atoms with Gasteiger partial charge in [-0.25, -0.2) is 0 Å². The van der Waals surface area contributed by atoms with E-state index in [1.807, 2.05) is 6.92 Å². The average molecular weight is 393 g/mol. The fraction of sp³-hybridized carbons (Fsp3) is 0.421. The van der Waals surface area contributed by atoms with Crippen molar-refractivity contribution in [1.82, 2.24) is 4.90 Å². The number of ether oxygens (including phenoxy) is 3. The van der Waals surface area contributed by atoms with Gasteiger partial charge >= 0.3 is 5.97 Å². The molecular weight excluding hydrogens is 370 g/mol. The van der Waals surface area contributed by atoms with Crippen LogP contribution in [0.25, 0.3) is 6.08 Å². The molecule has 7 nitrogen and oxygen atoms in total. The fourth-order valence-electron chi connectivity index (χ4n) is 2.34. The van der Waals surface area contributed by atoms with Gasteiger partial charge in [0.15, 0.2) is 11.5 Å². The average Bonchev–Trinajstić information content (AvgIpc) is 2.82. The van der Waals surface area contributed by atoms with Gasteiger partial charge in [-0.2, -0.15) is 0 Å². The van der Waals surface area contributed by atoms with Gasteiger partial charge in [-0.1, -0.05) is 6.07 Å². The SMILES string of the molecule is CCOc1ccc(/C=C2\SC(=O)N(CC(=O)OC(C)(C)C)C2=O)cc1OC. The van der Waals surface area contributed by atoms with Crippen LogP contribution in [0.15, 0.2) is 23.1 Å². The van der Waals surface area contributed by atoms with E-state index in [0.717, 1.165) is 16.7 Å². The second-order valence-corrected chi connectivity index (χ2v) is 7.69. The summed E-state index contributed by atoms with van der Waals surface area (Å²) in [7, 11) is 1.52. The number of thioether (sulfide) groups is 1. The highest BCUT2D eigenvalue weighted by Crippen LogP contribution is 2.34. The van der Waals surface area contributed by atoms with Gasteiger partial charge in [-0.15, -0.1) is 0 Å². The van der Waals surface area contributed by atoms with E-state index in [4.69, 9.17) is 14.2 Å². The molecule has 1 fully saturated rings. The molecule has 0 aliphatic carbocycles. The van der Waals surface area contributed by atoms with E-state index in [9.17, 15) is 14.4 Å². The summed E-state index contributed by atoms with van der Waals surface area (Å²) < 4.78 is 15.9. The summed E-state index contributed by atoms with van der Waals surface area (Å²) in [5.41, 5.74) is -0.00816. The number of hydrogen-bond donors (Lipinski definition) is 0. The summed E-state index contributed by atoms with van der Waals surface area (Å²) in [6.45, 7) is 7.12. The number of imide groups is 1. The molecule has 0 aromatic heterocycles. The zero-order chi connectivity index (χ0) is 20.2. The van der Waals surface area contributed by atoms with Crippen molar-refractivity contribution >= 4 is 35.0 Å². The summed E-state index contributed by atoms with van der Waals surface area (Å²) in [5.74, 6) is -0.0359. The van der Waals surface area contributed by atoms with Crippen LogP contribution < -0.4 is 9.47 Å². The minimum atomic E-state index is -0.687. The number of carbonyl (C=O) groups excluding carboxylic acids is 3. The molecule has 0 bridgehead atoms. The smallest absolute Gasteiger partial charge is 0.326 e. The Labute approximate surface area is 162 Å². The normalized spacial score (nSPS) is 16.0. The third-order valence-corrected chi connectivity index (χ3v) is 4.27. The molecule has 1 saturated heterocycles. The topological polar surface area (TPSA) is 82.1 Å². The maximum atomic E-state index is 12.5. The highest BCUT2D eigenvalue weighted by molar-refractivity contribution is 8.18. The van der Waals surface area contributed by atoms with Crippen molar-refractivity contribution in [3.8, 4) is 11.5 Å². The Morgan fingerprint density at radius 1 is 1.22 bits per heavy atom. The Morgan fingerprint density at radius 2 is 1.93 bits per heavy atom. The van der Waals surface area contributed by atoms with E-state index in [2.05, 4.69) is 0 Å². The van der Waals surface area contributed by atoms with E-state index in [1.54, 1.807) is 45.0 Å². The predicted octanol–water partition coefficient (Wildman–Crippen LogP) is 3.47. The molecule has 146 valence electrons. The third kappa shape index (κ3) is 5.50. The molecule has 1 aliphatic rings. The van der Waals surface area contributed by atoms with Crippen molar-refractivity contribution in [3.63, 3.8) is 0 Å². The molecule has 2 amide bonds. The van der Waals surface area contributed by atoms with Crippen LogP contribution in [0.5, 0.6) is 11.5 Å². The summed E-state index contributed by atoms with van der Waals surface area (Å²) in [6.07, 6.45) is 1.58. The fourth-order valence-corrected chi connectivity index (χ4v) is 3.18. The Bertz CT molecular complexity index is 781. The number of methoxy groups -OCH3 is 1. The Kier molecular flexibility index (Phi) is 6.54. The van der Waals surface area contributed by atoms with Crippen molar-refractivity contribution in [1.29, 1.82) is 0 Å². The first-order valence-electron chi connectivity index (χ1n) is 8.42. The van der Waals surface area contributed by atoms with Gasteiger partial charge in [0.25, 0.3) is 11.1 Å². The van der Waals surface area contributed by atoms with E-state index in [-0.39, 0.29) is 4.91 Å². The van der Waals surface area contributed by atoms with Gasteiger partial charge < -0.3 is 14.2 Å². The molecule has 1 aromatic rings. The number of carbonyl (C=O) groups is 3. The number of nitrogens with zero attached hydrogens (tertiary/aromatic N) is 1. The van der Waals surface area contributed by atoms with Crippen LogP contribution in [0, 0.1) is 0 Å². The molecule has 2 rings (SSSR count). The monoisotopic (exact) mass is 393 g/mol. The molecule has 0 unspecified atom stereocenters. The van der Waals surface area contributed by atoms with Crippen LogP contribution in [0.2, 0.25) is 0 Å². The molecule has 1 heterocycles. The zero-order valence-electron chi connectivity index (χ0n) is 16.0.